The van der Waals surface area contributed by atoms with Crippen LogP contribution in [0.3, 0.4) is 0 Å². The summed E-state index contributed by atoms with van der Waals surface area (Å²) >= 11 is 0. The first-order chi connectivity index (χ1) is 12.0. The molecule has 2 aromatic rings. The monoisotopic (exact) mass is 337 g/mol. The fourth-order valence-corrected chi connectivity index (χ4v) is 2.81. The summed E-state index contributed by atoms with van der Waals surface area (Å²) < 4.78 is 5.77. The Balaban J connectivity index is 2.15. The Hall–Kier alpha value is -2.55. The number of aryl methyl sites for hydroxylation is 2. The fraction of sp³-hybridized carbons (Fsp3) is 0.318. The molecular formula is C22H27NO2. The quantitative estimate of drug-likeness (QED) is 0.394. The van der Waals surface area contributed by atoms with E-state index in [2.05, 4.69) is 55.4 Å². The van der Waals surface area contributed by atoms with Crippen molar-refractivity contribution in [2.75, 3.05) is 13.7 Å². The molecule has 0 aliphatic heterocycles. The van der Waals surface area contributed by atoms with Gasteiger partial charge in [-0.2, -0.15) is 0 Å². The predicted octanol–water partition coefficient (Wildman–Crippen LogP) is 5.22. The molecule has 0 aromatic heterocycles. The van der Waals surface area contributed by atoms with Gasteiger partial charge in [0.15, 0.2) is 0 Å². The first-order valence-corrected chi connectivity index (χ1v) is 8.56. The molecule has 0 spiro atoms. The average Bonchev–Trinajstić information content (AvgIpc) is 2.59. The Morgan fingerprint density at radius 2 is 1.72 bits per heavy atom. The van der Waals surface area contributed by atoms with E-state index in [1.54, 1.807) is 7.11 Å². The lowest BCUT2D eigenvalue weighted by atomic mass is 9.95. The van der Waals surface area contributed by atoms with E-state index in [0.717, 1.165) is 23.4 Å². The highest BCUT2D eigenvalue weighted by Crippen LogP contribution is 2.24. The van der Waals surface area contributed by atoms with Crippen LogP contribution in [0.4, 0.5) is 0 Å². The molecule has 0 saturated carbocycles. The van der Waals surface area contributed by atoms with E-state index in [4.69, 9.17) is 9.57 Å². The van der Waals surface area contributed by atoms with Crippen LogP contribution in [0.2, 0.25) is 0 Å². The summed E-state index contributed by atoms with van der Waals surface area (Å²) in [5.74, 6) is 0.929. The van der Waals surface area contributed by atoms with Gasteiger partial charge in [-0.1, -0.05) is 41.6 Å². The predicted molar refractivity (Wildman–Crippen MR) is 105 cm³/mol. The van der Waals surface area contributed by atoms with Gasteiger partial charge in [0.25, 0.3) is 0 Å². The van der Waals surface area contributed by atoms with E-state index in [0.29, 0.717) is 6.61 Å². The van der Waals surface area contributed by atoms with Crippen LogP contribution in [0, 0.1) is 13.8 Å². The molecule has 2 aromatic carbocycles. The SMILES string of the molecule is C/C=C/COc1cc(C)c(Cc2ccc(/C(C)=N\OC)cc2)c(C)c1. The third kappa shape index (κ3) is 5.21. The molecule has 0 amide bonds. The molecule has 0 saturated heterocycles. The zero-order valence-corrected chi connectivity index (χ0v) is 15.8. The standard InChI is InChI=1S/C22H27NO2/c1-6-7-12-25-21-13-16(2)22(17(3)14-21)15-19-8-10-20(11-9-19)18(4)23-24-5/h6-11,13-14H,12,15H2,1-5H3/b7-6+,23-18-. The zero-order valence-electron chi connectivity index (χ0n) is 15.8. The van der Waals surface area contributed by atoms with Gasteiger partial charge in [-0.3, -0.25) is 0 Å². The molecule has 0 fully saturated rings. The number of rotatable bonds is 7. The lowest BCUT2D eigenvalue weighted by Gasteiger charge is -2.13. The van der Waals surface area contributed by atoms with E-state index in [1.165, 1.54) is 22.3 Å². The van der Waals surface area contributed by atoms with E-state index >= 15 is 0 Å². The summed E-state index contributed by atoms with van der Waals surface area (Å²) in [7, 11) is 1.56. The van der Waals surface area contributed by atoms with Crippen LogP contribution in [0.25, 0.3) is 0 Å². The minimum Gasteiger partial charge on any atom is -0.490 e. The highest BCUT2D eigenvalue weighted by atomic mass is 16.6. The van der Waals surface area contributed by atoms with Crippen LogP contribution in [0.1, 0.15) is 41.7 Å². The Bertz CT molecular complexity index is 735. The van der Waals surface area contributed by atoms with Crippen molar-refractivity contribution in [3.05, 3.63) is 76.4 Å². The molecule has 2 rings (SSSR count). The second-order valence-electron chi connectivity index (χ2n) is 6.15. The summed E-state index contributed by atoms with van der Waals surface area (Å²) in [6, 6.07) is 12.7. The van der Waals surface area contributed by atoms with Gasteiger partial charge in [0.1, 0.15) is 19.5 Å². The third-order valence-corrected chi connectivity index (χ3v) is 4.23. The van der Waals surface area contributed by atoms with Crippen LogP contribution < -0.4 is 4.74 Å². The molecule has 0 aliphatic rings. The molecule has 0 heterocycles. The van der Waals surface area contributed by atoms with Crippen molar-refractivity contribution >= 4 is 5.71 Å². The number of allylic oxidation sites excluding steroid dienone is 1. The lowest BCUT2D eigenvalue weighted by Crippen LogP contribution is -2.00. The number of benzene rings is 2. The van der Waals surface area contributed by atoms with E-state index in [9.17, 15) is 0 Å². The van der Waals surface area contributed by atoms with Crippen molar-refractivity contribution < 1.29 is 9.57 Å². The minimum atomic E-state index is 0.610. The maximum atomic E-state index is 5.77. The van der Waals surface area contributed by atoms with Crippen LogP contribution in [0.15, 0.2) is 53.7 Å². The average molecular weight is 337 g/mol. The van der Waals surface area contributed by atoms with Crippen molar-refractivity contribution in [3.8, 4) is 5.75 Å². The Morgan fingerprint density at radius 3 is 2.28 bits per heavy atom. The third-order valence-electron chi connectivity index (χ3n) is 4.23. The topological polar surface area (TPSA) is 30.8 Å². The summed E-state index contributed by atoms with van der Waals surface area (Å²) in [6.45, 7) is 8.85. The number of nitrogens with zero attached hydrogens (tertiary/aromatic N) is 1. The van der Waals surface area contributed by atoms with Crippen molar-refractivity contribution in [1.82, 2.24) is 0 Å². The van der Waals surface area contributed by atoms with E-state index in [1.807, 2.05) is 26.0 Å². The second kappa shape index (κ2) is 9.07. The Labute approximate surface area is 151 Å². The van der Waals surface area contributed by atoms with Gasteiger partial charge in [-0.25, -0.2) is 0 Å². The van der Waals surface area contributed by atoms with Crippen molar-refractivity contribution in [1.29, 1.82) is 0 Å². The molecular weight excluding hydrogens is 310 g/mol. The van der Waals surface area contributed by atoms with Gasteiger partial charge in [-0.05, 0) is 74.1 Å². The molecule has 132 valence electrons. The van der Waals surface area contributed by atoms with Gasteiger partial charge in [0.05, 0.1) is 5.71 Å². The second-order valence-corrected chi connectivity index (χ2v) is 6.15. The summed E-state index contributed by atoms with van der Waals surface area (Å²) in [5, 5.41) is 3.97. The van der Waals surface area contributed by atoms with Gasteiger partial charge in [0, 0.05) is 0 Å². The number of ether oxygens (including phenoxy) is 1. The molecule has 0 unspecified atom stereocenters. The summed E-state index contributed by atoms with van der Waals surface area (Å²) in [5.41, 5.74) is 7.11. The lowest BCUT2D eigenvalue weighted by molar-refractivity contribution is 0.213. The first-order valence-electron chi connectivity index (χ1n) is 8.56. The molecule has 0 radical (unpaired) electrons. The van der Waals surface area contributed by atoms with Gasteiger partial charge in [-0.15, -0.1) is 0 Å². The largest absolute Gasteiger partial charge is 0.490 e. The van der Waals surface area contributed by atoms with Crippen molar-refractivity contribution in [3.63, 3.8) is 0 Å². The van der Waals surface area contributed by atoms with Crippen molar-refractivity contribution in [2.45, 2.75) is 34.1 Å². The summed E-state index contributed by atoms with van der Waals surface area (Å²) in [6.07, 6.45) is 4.92. The van der Waals surface area contributed by atoms with E-state index < -0.39 is 0 Å². The number of hydrogen-bond donors (Lipinski definition) is 0. The first kappa shape index (κ1) is 18.8. The molecule has 25 heavy (non-hydrogen) atoms. The zero-order chi connectivity index (χ0) is 18.2. The summed E-state index contributed by atoms with van der Waals surface area (Å²) in [4.78, 5) is 4.83. The molecule has 0 aliphatic carbocycles. The van der Waals surface area contributed by atoms with Gasteiger partial charge in [0.2, 0.25) is 0 Å². The van der Waals surface area contributed by atoms with Crippen LogP contribution in [-0.2, 0) is 11.3 Å². The number of hydrogen-bond acceptors (Lipinski definition) is 3. The van der Waals surface area contributed by atoms with Gasteiger partial charge >= 0.3 is 0 Å². The molecule has 0 N–H and O–H groups in total. The Morgan fingerprint density at radius 1 is 1.08 bits per heavy atom. The molecule has 3 heteroatoms. The van der Waals surface area contributed by atoms with Crippen LogP contribution in [0.5, 0.6) is 5.75 Å². The van der Waals surface area contributed by atoms with Crippen LogP contribution >= 0.6 is 0 Å². The smallest absolute Gasteiger partial charge is 0.120 e. The molecule has 0 bridgehead atoms. The molecule has 3 nitrogen and oxygen atoms in total. The Kier molecular flexibility index (Phi) is 6.81. The highest BCUT2D eigenvalue weighted by Gasteiger charge is 2.08. The number of oxime groups is 1. The normalized spacial score (nSPS) is 11.8. The van der Waals surface area contributed by atoms with Crippen LogP contribution in [-0.4, -0.2) is 19.4 Å². The van der Waals surface area contributed by atoms with E-state index in [-0.39, 0.29) is 0 Å². The van der Waals surface area contributed by atoms with Gasteiger partial charge < -0.3 is 9.57 Å². The molecule has 0 atom stereocenters. The maximum Gasteiger partial charge on any atom is 0.120 e. The highest BCUT2D eigenvalue weighted by molar-refractivity contribution is 5.98. The minimum absolute atomic E-state index is 0.610. The van der Waals surface area contributed by atoms with Crippen molar-refractivity contribution in [2.24, 2.45) is 5.16 Å². The maximum absolute atomic E-state index is 5.77. The fourth-order valence-electron chi connectivity index (χ4n) is 2.81.